The second kappa shape index (κ2) is 9.52. The van der Waals surface area contributed by atoms with Crippen LogP contribution in [0.2, 0.25) is 10.0 Å². The monoisotopic (exact) mass is 451 g/mol. The highest BCUT2D eigenvalue weighted by Gasteiger charge is 2.40. The molecule has 2 aromatic rings. The van der Waals surface area contributed by atoms with Crippen LogP contribution in [-0.2, 0) is 23.6 Å². The van der Waals surface area contributed by atoms with Crippen LogP contribution in [0.25, 0.3) is 0 Å². The van der Waals surface area contributed by atoms with Crippen molar-refractivity contribution >= 4 is 40.8 Å². The highest BCUT2D eigenvalue weighted by Crippen LogP contribution is 2.60. The molecule has 1 unspecified atom stereocenters. The van der Waals surface area contributed by atoms with E-state index in [1.807, 2.05) is 0 Å². The summed E-state index contributed by atoms with van der Waals surface area (Å²) in [5.41, 5.74) is 0.435. The molecule has 0 saturated carbocycles. The summed E-state index contributed by atoms with van der Waals surface area (Å²) in [6, 6.07) is 12.5. The van der Waals surface area contributed by atoms with Gasteiger partial charge in [0.1, 0.15) is 10.7 Å². The smallest absolute Gasteiger partial charge is 0.308 e. The first kappa shape index (κ1) is 22.4. The summed E-state index contributed by atoms with van der Waals surface area (Å²) in [5, 5.41) is 0.190. The van der Waals surface area contributed by atoms with Gasteiger partial charge in [0, 0.05) is 5.02 Å². The summed E-state index contributed by atoms with van der Waals surface area (Å²) < 4.78 is 52.4. The molecule has 10 heteroatoms. The van der Waals surface area contributed by atoms with Crippen LogP contribution in [0.5, 0.6) is 0 Å². The van der Waals surface area contributed by atoms with E-state index in [-0.39, 0.29) is 28.2 Å². The van der Waals surface area contributed by atoms with Crippen molar-refractivity contribution in [1.82, 2.24) is 4.72 Å². The van der Waals surface area contributed by atoms with Crippen LogP contribution < -0.4 is 4.72 Å². The lowest BCUT2D eigenvalue weighted by Crippen LogP contribution is -2.30. The van der Waals surface area contributed by atoms with Gasteiger partial charge in [-0.3, -0.25) is 4.57 Å². The normalized spacial score (nSPS) is 13.5. The largest absolute Gasteiger partial charge is 0.352 e. The van der Waals surface area contributed by atoms with E-state index in [0.29, 0.717) is 5.56 Å². The highest BCUT2D eigenvalue weighted by molar-refractivity contribution is 7.90. The standard InChI is InChI=1S/C17H20Cl2NO5PS/c1-3-24-26(21,25-4-2)17(13-8-6-5-7-9-13)20-27(22,23)16-12-14(18)10-11-15(16)19/h5-12,17,20H,3-4H2,1-2H3. The van der Waals surface area contributed by atoms with Crippen molar-refractivity contribution in [1.29, 1.82) is 0 Å². The van der Waals surface area contributed by atoms with Crippen LogP contribution in [0.3, 0.4) is 0 Å². The molecule has 2 aromatic carbocycles. The van der Waals surface area contributed by atoms with Crippen molar-refractivity contribution in [3.8, 4) is 0 Å². The maximum Gasteiger partial charge on any atom is 0.352 e. The topological polar surface area (TPSA) is 81.7 Å². The summed E-state index contributed by atoms with van der Waals surface area (Å²) in [7, 11) is -8.04. The first-order chi connectivity index (χ1) is 12.7. The Balaban J connectivity index is 2.54. The SMILES string of the molecule is CCOP(=O)(OCC)C(NS(=O)(=O)c1cc(Cl)ccc1Cl)c1ccccc1. The van der Waals surface area contributed by atoms with Crippen molar-refractivity contribution in [2.45, 2.75) is 24.5 Å². The zero-order chi connectivity index (χ0) is 20.1. The van der Waals surface area contributed by atoms with Gasteiger partial charge in [-0.25, -0.2) is 8.42 Å². The van der Waals surface area contributed by atoms with E-state index in [1.54, 1.807) is 44.2 Å². The molecule has 148 valence electrons. The summed E-state index contributed by atoms with van der Waals surface area (Å²) >= 11 is 11.9. The van der Waals surface area contributed by atoms with E-state index in [9.17, 15) is 13.0 Å². The Labute approximate surface area is 169 Å². The Bertz CT molecular complexity index is 914. The van der Waals surface area contributed by atoms with E-state index in [1.165, 1.54) is 18.2 Å². The van der Waals surface area contributed by atoms with Gasteiger partial charge in [-0.15, -0.1) is 0 Å². The Hall–Kier alpha value is -0.920. The number of benzene rings is 2. The Morgan fingerprint density at radius 1 is 1.04 bits per heavy atom. The lowest BCUT2D eigenvalue weighted by Gasteiger charge is -2.27. The second-order valence-electron chi connectivity index (χ2n) is 5.38. The number of hydrogen-bond acceptors (Lipinski definition) is 5. The molecular formula is C17H20Cl2NO5PS. The average Bonchev–Trinajstić information content (AvgIpc) is 2.63. The van der Waals surface area contributed by atoms with Gasteiger partial charge in [-0.2, -0.15) is 4.72 Å². The molecule has 0 heterocycles. The Morgan fingerprint density at radius 3 is 2.19 bits per heavy atom. The van der Waals surface area contributed by atoms with Crippen LogP contribution in [0.15, 0.2) is 53.4 Å². The van der Waals surface area contributed by atoms with Gasteiger partial charge < -0.3 is 9.05 Å². The fourth-order valence-corrected chi connectivity index (χ4v) is 6.78. The summed E-state index contributed by atoms with van der Waals surface area (Å²) in [5.74, 6) is -1.25. The van der Waals surface area contributed by atoms with Gasteiger partial charge in [-0.05, 0) is 37.6 Å². The molecule has 6 nitrogen and oxygen atoms in total. The molecule has 0 saturated heterocycles. The third-order valence-electron chi connectivity index (χ3n) is 3.50. The third kappa shape index (κ3) is 5.55. The molecule has 0 radical (unpaired) electrons. The zero-order valence-corrected chi connectivity index (χ0v) is 18.0. The van der Waals surface area contributed by atoms with Crippen LogP contribution in [0.1, 0.15) is 25.2 Å². The maximum atomic E-state index is 13.3. The number of halogens is 2. The van der Waals surface area contributed by atoms with E-state index >= 15 is 0 Å². The predicted molar refractivity (Wildman–Crippen MR) is 107 cm³/mol. The van der Waals surface area contributed by atoms with Gasteiger partial charge in [0.15, 0.2) is 0 Å². The van der Waals surface area contributed by atoms with Crippen molar-refractivity contribution in [3.05, 3.63) is 64.1 Å². The molecule has 0 spiro atoms. The highest BCUT2D eigenvalue weighted by atomic mass is 35.5. The van der Waals surface area contributed by atoms with Crippen LogP contribution in [-0.4, -0.2) is 21.6 Å². The summed E-state index contributed by atoms with van der Waals surface area (Å²) in [4.78, 5) is -0.225. The molecule has 27 heavy (non-hydrogen) atoms. The third-order valence-corrected chi connectivity index (χ3v) is 8.11. The quantitative estimate of drug-likeness (QED) is 0.527. The van der Waals surface area contributed by atoms with E-state index < -0.39 is 23.4 Å². The lowest BCUT2D eigenvalue weighted by atomic mass is 10.2. The molecule has 0 aliphatic heterocycles. The van der Waals surface area contributed by atoms with E-state index in [2.05, 4.69) is 4.72 Å². The van der Waals surface area contributed by atoms with Crippen LogP contribution in [0.4, 0.5) is 0 Å². The summed E-state index contributed by atoms with van der Waals surface area (Å²) in [6.07, 6.45) is 0. The number of sulfonamides is 1. The minimum Gasteiger partial charge on any atom is -0.308 e. The molecule has 0 fully saturated rings. The molecule has 0 bridgehead atoms. The minimum atomic E-state index is -4.18. The minimum absolute atomic E-state index is 0.0126. The molecule has 0 aliphatic carbocycles. The van der Waals surface area contributed by atoms with Gasteiger partial charge in [0.05, 0.1) is 18.2 Å². The molecular weight excluding hydrogens is 432 g/mol. The van der Waals surface area contributed by atoms with Crippen molar-refractivity contribution in [2.75, 3.05) is 13.2 Å². The lowest BCUT2D eigenvalue weighted by molar-refractivity contribution is 0.210. The predicted octanol–water partition coefficient (Wildman–Crippen LogP) is 5.24. The maximum absolute atomic E-state index is 13.3. The van der Waals surface area contributed by atoms with Crippen LogP contribution in [0, 0.1) is 0 Å². The van der Waals surface area contributed by atoms with E-state index in [4.69, 9.17) is 32.2 Å². The molecule has 1 atom stereocenters. The second-order valence-corrected chi connectivity index (χ2v) is 10.0. The van der Waals surface area contributed by atoms with Gasteiger partial charge >= 0.3 is 7.60 Å². The average molecular weight is 452 g/mol. The number of rotatable bonds is 9. The van der Waals surface area contributed by atoms with Gasteiger partial charge in [0.25, 0.3) is 0 Å². The molecule has 0 aromatic heterocycles. The molecule has 1 N–H and O–H groups in total. The fourth-order valence-electron chi connectivity index (χ4n) is 2.39. The first-order valence-corrected chi connectivity index (χ1v) is 12.0. The van der Waals surface area contributed by atoms with Crippen molar-refractivity contribution < 1.29 is 22.0 Å². The first-order valence-electron chi connectivity index (χ1n) is 8.14. The van der Waals surface area contributed by atoms with E-state index in [0.717, 1.165) is 0 Å². The zero-order valence-electron chi connectivity index (χ0n) is 14.8. The summed E-state index contributed by atoms with van der Waals surface area (Å²) in [6.45, 7) is 3.46. The number of nitrogens with one attached hydrogen (secondary N) is 1. The number of hydrogen-bond donors (Lipinski definition) is 1. The Kier molecular flexibility index (Phi) is 7.89. The Morgan fingerprint density at radius 2 is 1.63 bits per heavy atom. The van der Waals surface area contributed by atoms with Gasteiger partial charge in [0.2, 0.25) is 10.0 Å². The van der Waals surface area contributed by atoms with Crippen LogP contribution >= 0.6 is 30.8 Å². The fraction of sp³-hybridized carbons (Fsp3) is 0.294. The van der Waals surface area contributed by atoms with Gasteiger partial charge in [-0.1, -0.05) is 53.5 Å². The molecule has 2 rings (SSSR count). The van der Waals surface area contributed by atoms with Crippen molar-refractivity contribution in [2.24, 2.45) is 0 Å². The molecule has 0 amide bonds. The van der Waals surface area contributed by atoms with Crippen molar-refractivity contribution in [3.63, 3.8) is 0 Å². The molecule has 0 aliphatic rings.